The third kappa shape index (κ3) is 3.55. The molecule has 128 valence electrons. The van der Waals surface area contributed by atoms with E-state index in [1.165, 1.54) is 4.90 Å². The summed E-state index contributed by atoms with van der Waals surface area (Å²) in [5, 5.41) is 16.9. The van der Waals surface area contributed by atoms with E-state index in [9.17, 15) is 4.79 Å². The van der Waals surface area contributed by atoms with Gasteiger partial charge in [0.2, 0.25) is 0 Å². The van der Waals surface area contributed by atoms with Crippen LogP contribution in [-0.4, -0.2) is 55.8 Å². The Labute approximate surface area is 139 Å². The normalized spacial score (nSPS) is 15.5. The lowest BCUT2D eigenvalue weighted by atomic mass is 9.98. The number of pyridine rings is 1. The predicted molar refractivity (Wildman–Crippen MR) is 86.5 cm³/mol. The zero-order valence-corrected chi connectivity index (χ0v) is 13.4. The molecule has 0 aliphatic carbocycles. The Morgan fingerprint density at radius 1 is 1.46 bits per heavy atom. The number of carboxylic acid groups (broad SMARTS) is 1. The zero-order valence-electron chi connectivity index (χ0n) is 13.4. The number of piperidine rings is 1. The van der Waals surface area contributed by atoms with E-state index in [0.29, 0.717) is 42.9 Å². The van der Waals surface area contributed by atoms with E-state index >= 15 is 0 Å². The van der Waals surface area contributed by atoms with E-state index < -0.39 is 6.09 Å². The average Bonchev–Trinajstić information content (AvgIpc) is 3.01. The van der Waals surface area contributed by atoms with Crippen LogP contribution in [0.1, 0.15) is 12.8 Å². The number of amides is 1. The minimum Gasteiger partial charge on any atom is -0.489 e. The Morgan fingerprint density at radius 3 is 2.83 bits per heavy atom. The second-order valence-corrected chi connectivity index (χ2v) is 5.91. The van der Waals surface area contributed by atoms with Crippen LogP contribution in [0, 0.1) is 5.92 Å². The Hall–Kier alpha value is -2.84. The summed E-state index contributed by atoms with van der Waals surface area (Å²) in [6.07, 6.45) is 4.13. The largest absolute Gasteiger partial charge is 0.489 e. The molecule has 3 heterocycles. The number of nitrogen functional groups attached to an aromatic ring is 1. The van der Waals surface area contributed by atoms with Crippen molar-refractivity contribution in [2.24, 2.45) is 13.0 Å². The number of rotatable bonds is 4. The molecule has 3 N–H and O–H groups in total. The van der Waals surface area contributed by atoms with E-state index in [0.717, 1.165) is 18.4 Å². The van der Waals surface area contributed by atoms with Gasteiger partial charge in [-0.25, -0.2) is 9.78 Å². The third-order valence-corrected chi connectivity index (χ3v) is 4.14. The van der Waals surface area contributed by atoms with Gasteiger partial charge >= 0.3 is 6.09 Å². The summed E-state index contributed by atoms with van der Waals surface area (Å²) >= 11 is 0. The molecule has 1 saturated heterocycles. The molecule has 0 saturated carbocycles. The number of hydrogen-bond acceptors (Lipinski definition) is 6. The molecule has 1 aliphatic heterocycles. The molecule has 9 heteroatoms. The van der Waals surface area contributed by atoms with Crippen LogP contribution >= 0.6 is 0 Å². The van der Waals surface area contributed by atoms with E-state index in [1.54, 1.807) is 30.2 Å². The third-order valence-electron chi connectivity index (χ3n) is 4.14. The number of aromatic nitrogens is 4. The number of hydrogen-bond donors (Lipinski definition) is 2. The first-order valence-electron chi connectivity index (χ1n) is 7.76. The molecule has 9 nitrogen and oxygen atoms in total. The van der Waals surface area contributed by atoms with Gasteiger partial charge in [0.1, 0.15) is 5.69 Å². The molecule has 0 aromatic carbocycles. The first kappa shape index (κ1) is 16.0. The fourth-order valence-electron chi connectivity index (χ4n) is 2.69. The SMILES string of the molecule is Cn1cc(-c2cnc(N)c(OCC3CCN(C(=O)O)CC3)c2)nn1. The van der Waals surface area contributed by atoms with Crippen molar-refractivity contribution in [3.63, 3.8) is 0 Å². The minimum absolute atomic E-state index is 0.306. The Kier molecular flexibility index (Phi) is 4.50. The zero-order chi connectivity index (χ0) is 17.1. The van der Waals surface area contributed by atoms with Gasteiger partial charge in [-0.2, -0.15) is 0 Å². The standard InChI is InChI=1S/C15H20N6O3/c1-20-8-12(18-19-20)11-6-13(14(16)17-7-11)24-9-10-2-4-21(5-3-10)15(22)23/h6-8,10H,2-5,9H2,1H3,(H2,16,17)(H,22,23). The van der Waals surface area contributed by atoms with Crippen molar-refractivity contribution in [1.82, 2.24) is 24.9 Å². The van der Waals surface area contributed by atoms with Crippen LogP contribution in [0.15, 0.2) is 18.5 Å². The number of nitrogens with zero attached hydrogens (tertiary/aromatic N) is 5. The number of aryl methyl sites for hydroxylation is 1. The summed E-state index contributed by atoms with van der Waals surface area (Å²) < 4.78 is 7.45. The summed E-state index contributed by atoms with van der Waals surface area (Å²) in [6, 6.07) is 1.80. The van der Waals surface area contributed by atoms with Crippen LogP contribution in [0.2, 0.25) is 0 Å². The van der Waals surface area contributed by atoms with Crippen LogP contribution in [0.4, 0.5) is 10.6 Å². The van der Waals surface area contributed by atoms with Gasteiger partial charge in [-0.05, 0) is 24.8 Å². The van der Waals surface area contributed by atoms with Crippen molar-refractivity contribution in [3.8, 4) is 17.0 Å². The minimum atomic E-state index is -0.862. The summed E-state index contributed by atoms with van der Waals surface area (Å²) in [7, 11) is 1.79. The molecule has 1 amide bonds. The van der Waals surface area contributed by atoms with Crippen molar-refractivity contribution in [2.75, 3.05) is 25.4 Å². The summed E-state index contributed by atoms with van der Waals surface area (Å²) in [6.45, 7) is 1.57. The summed E-state index contributed by atoms with van der Waals surface area (Å²) in [4.78, 5) is 16.5. The fraction of sp³-hybridized carbons (Fsp3) is 0.467. The summed E-state index contributed by atoms with van der Waals surface area (Å²) in [5.74, 6) is 1.14. The molecule has 0 unspecified atom stereocenters. The maximum Gasteiger partial charge on any atom is 0.407 e. The number of anilines is 1. The first-order chi connectivity index (χ1) is 11.5. The lowest BCUT2D eigenvalue weighted by molar-refractivity contribution is 0.112. The Balaban J connectivity index is 1.62. The highest BCUT2D eigenvalue weighted by atomic mass is 16.5. The maximum atomic E-state index is 10.9. The van der Waals surface area contributed by atoms with Crippen LogP contribution in [0.5, 0.6) is 5.75 Å². The number of carbonyl (C=O) groups is 1. The monoisotopic (exact) mass is 332 g/mol. The van der Waals surface area contributed by atoms with E-state index in [-0.39, 0.29) is 0 Å². The quantitative estimate of drug-likeness (QED) is 0.864. The molecular weight excluding hydrogens is 312 g/mol. The topological polar surface area (TPSA) is 119 Å². The van der Waals surface area contributed by atoms with E-state index in [2.05, 4.69) is 15.3 Å². The molecule has 0 spiro atoms. The second-order valence-electron chi connectivity index (χ2n) is 5.91. The van der Waals surface area contributed by atoms with Gasteiger partial charge in [0.25, 0.3) is 0 Å². The molecule has 0 radical (unpaired) electrons. The Bertz CT molecular complexity index is 724. The lowest BCUT2D eigenvalue weighted by Gasteiger charge is -2.29. The van der Waals surface area contributed by atoms with Crippen LogP contribution in [0.25, 0.3) is 11.3 Å². The van der Waals surface area contributed by atoms with E-state index in [1.807, 2.05) is 0 Å². The Morgan fingerprint density at radius 2 is 2.21 bits per heavy atom. The van der Waals surface area contributed by atoms with Crippen molar-refractivity contribution >= 4 is 11.9 Å². The van der Waals surface area contributed by atoms with Gasteiger partial charge in [0.05, 0.1) is 12.8 Å². The smallest absolute Gasteiger partial charge is 0.407 e. The molecule has 0 atom stereocenters. The molecule has 3 rings (SSSR count). The second kappa shape index (κ2) is 6.73. The molecule has 2 aromatic rings. The van der Waals surface area contributed by atoms with Gasteiger partial charge in [-0.3, -0.25) is 4.68 Å². The maximum absolute atomic E-state index is 10.9. The highest BCUT2D eigenvalue weighted by Gasteiger charge is 2.23. The number of ether oxygens (including phenoxy) is 1. The molecular formula is C15H20N6O3. The molecule has 24 heavy (non-hydrogen) atoms. The molecule has 1 fully saturated rings. The van der Waals surface area contributed by atoms with Gasteiger partial charge in [0.15, 0.2) is 11.6 Å². The van der Waals surface area contributed by atoms with Gasteiger partial charge in [-0.1, -0.05) is 5.21 Å². The predicted octanol–water partition coefficient (Wildman–Crippen LogP) is 1.23. The van der Waals surface area contributed by atoms with Gasteiger partial charge in [-0.15, -0.1) is 5.10 Å². The molecule has 0 bridgehead atoms. The van der Waals surface area contributed by atoms with Crippen molar-refractivity contribution in [1.29, 1.82) is 0 Å². The number of likely N-dealkylation sites (tertiary alicyclic amines) is 1. The van der Waals surface area contributed by atoms with Crippen LogP contribution < -0.4 is 10.5 Å². The van der Waals surface area contributed by atoms with Crippen molar-refractivity contribution in [2.45, 2.75) is 12.8 Å². The van der Waals surface area contributed by atoms with Crippen LogP contribution in [0.3, 0.4) is 0 Å². The van der Waals surface area contributed by atoms with Crippen molar-refractivity contribution < 1.29 is 14.6 Å². The molecule has 1 aliphatic rings. The van der Waals surface area contributed by atoms with E-state index in [4.69, 9.17) is 15.6 Å². The molecule has 2 aromatic heterocycles. The summed E-state index contributed by atoms with van der Waals surface area (Å²) in [5.41, 5.74) is 7.37. The number of nitrogens with two attached hydrogens (primary N) is 1. The first-order valence-corrected chi connectivity index (χ1v) is 7.76. The van der Waals surface area contributed by atoms with Crippen molar-refractivity contribution in [3.05, 3.63) is 18.5 Å². The fourth-order valence-corrected chi connectivity index (χ4v) is 2.69. The highest BCUT2D eigenvalue weighted by Crippen LogP contribution is 2.27. The lowest BCUT2D eigenvalue weighted by Crippen LogP contribution is -2.38. The highest BCUT2D eigenvalue weighted by molar-refractivity contribution is 5.65. The average molecular weight is 332 g/mol. The van der Waals surface area contributed by atoms with Gasteiger partial charge in [0, 0.05) is 31.9 Å². The van der Waals surface area contributed by atoms with Gasteiger partial charge < -0.3 is 20.5 Å². The van der Waals surface area contributed by atoms with Crippen LogP contribution in [-0.2, 0) is 7.05 Å².